The molecule has 0 aromatic heterocycles. The molecule has 2 unspecified atom stereocenters. The molecule has 1 amide bonds. The summed E-state index contributed by atoms with van der Waals surface area (Å²) in [5.74, 6) is 1.29. The van der Waals surface area contributed by atoms with E-state index in [2.05, 4.69) is 13.8 Å². The van der Waals surface area contributed by atoms with Crippen LogP contribution in [0.15, 0.2) is 18.2 Å². The van der Waals surface area contributed by atoms with Crippen LogP contribution in [0.4, 0.5) is 5.69 Å². The van der Waals surface area contributed by atoms with Crippen molar-refractivity contribution in [2.24, 2.45) is 11.8 Å². The largest absolute Gasteiger partial charge is 0.398 e. The van der Waals surface area contributed by atoms with Crippen LogP contribution in [-0.2, 0) is 0 Å². The first kappa shape index (κ1) is 12.9. The minimum absolute atomic E-state index is 0.123. The molecule has 0 saturated carbocycles. The average molecular weight is 246 g/mol. The standard InChI is InChI=1S/C15H22N2O/c1-10-7-11(2)9-17(8-10)15(18)13-5-4-6-14(16)12(13)3/h4-6,10-11H,7-9,16H2,1-3H3. The van der Waals surface area contributed by atoms with Gasteiger partial charge in [0.05, 0.1) is 0 Å². The summed E-state index contributed by atoms with van der Waals surface area (Å²) in [6.07, 6.45) is 1.21. The minimum Gasteiger partial charge on any atom is -0.398 e. The van der Waals surface area contributed by atoms with Crippen molar-refractivity contribution in [3.8, 4) is 0 Å². The zero-order valence-electron chi connectivity index (χ0n) is 11.4. The van der Waals surface area contributed by atoms with Crippen LogP contribution in [0.1, 0.15) is 36.2 Å². The maximum Gasteiger partial charge on any atom is 0.254 e. The number of piperidine rings is 1. The lowest BCUT2D eigenvalue weighted by molar-refractivity contribution is 0.0622. The molecular weight excluding hydrogens is 224 g/mol. The molecule has 2 rings (SSSR count). The van der Waals surface area contributed by atoms with Gasteiger partial charge in [0.15, 0.2) is 0 Å². The zero-order chi connectivity index (χ0) is 13.3. The fourth-order valence-corrected chi connectivity index (χ4v) is 2.88. The molecule has 1 aliphatic rings. The Hall–Kier alpha value is -1.51. The zero-order valence-corrected chi connectivity index (χ0v) is 11.4. The number of hydrogen-bond acceptors (Lipinski definition) is 2. The fraction of sp³-hybridized carbons (Fsp3) is 0.533. The number of nitrogens with two attached hydrogens (primary N) is 1. The second-order valence-corrected chi connectivity index (χ2v) is 5.68. The van der Waals surface area contributed by atoms with E-state index in [4.69, 9.17) is 5.73 Å². The van der Waals surface area contributed by atoms with Gasteiger partial charge in [-0.3, -0.25) is 4.79 Å². The van der Waals surface area contributed by atoms with Gasteiger partial charge in [0.2, 0.25) is 0 Å². The number of rotatable bonds is 1. The second kappa shape index (κ2) is 5.01. The minimum atomic E-state index is 0.123. The monoisotopic (exact) mass is 246 g/mol. The Morgan fingerprint density at radius 1 is 1.28 bits per heavy atom. The van der Waals surface area contributed by atoms with E-state index < -0.39 is 0 Å². The highest BCUT2D eigenvalue weighted by Crippen LogP contribution is 2.24. The number of carbonyl (C=O) groups excluding carboxylic acids is 1. The van der Waals surface area contributed by atoms with E-state index in [-0.39, 0.29) is 5.91 Å². The Balaban J connectivity index is 2.23. The second-order valence-electron chi connectivity index (χ2n) is 5.68. The van der Waals surface area contributed by atoms with Gasteiger partial charge in [0, 0.05) is 24.3 Å². The SMILES string of the molecule is Cc1c(N)cccc1C(=O)N1CC(C)CC(C)C1. The topological polar surface area (TPSA) is 46.3 Å². The van der Waals surface area contributed by atoms with Crippen molar-refractivity contribution >= 4 is 11.6 Å². The highest BCUT2D eigenvalue weighted by molar-refractivity contribution is 5.97. The summed E-state index contributed by atoms with van der Waals surface area (Å²) in [5, 5.41) is 0. The molecule has 0 radical (unpaired) electrons. The number of carbonyl (C=O) groups is 1. The van der Waals surface area contributed by atoms with Crippen molar-refractivity contribution in [3.63, 3.8) is 0 Å². The number of anilines is 1. The Labute approximate surface area is 109 Å². The molecule has 98 valence electrons. The first-order valence-corrected chi connectivity index (χ1v) is 6.63. The molecule has 18 heavy (non-hydrogen) atoms. The normalized spacial score (nSPS) is 24.1. The number of nitrogens with zero attached hydrogens (tertiary/aromatic N) is 1. The van der Waals surface area contributed by atoms with Crippen molar-refractivity contribution in [2.75, 3.05) is 18.8 Å². The van der Waals surface area contributed by atoms with Gasteiger partial charge < -0.3 is 10.6 Å². The number of likely N-dealkylation sites (tertiary alicyclic amines) is 1. The molecule has 1 saturated heterocycles. The Morgan fingerprint density at radius 2 is 1.89 bits per heavy atom. The summed E-state index contributed by atoms with van der Waals surface area (Å²) in [7, 11) is 0. The third-order valence-corrected chi connectivity index (χ3v) is 3.76. The van der Waals surface area contributed by atoms with Crippen LogP contribution in [0.2, 0.25) is 0 Å². The van der Waals surface area contributed by atoms with E-state index in [9.17, 15) is 4.79 Å². The molecular formula is C15H22N2O. The summed E-state index contributed by atoms with van der Waals surface area (Å²) in [6.45, 7) is 8.05. The van der Waals surface area contributed by atoms with Gasteiger partial charge in [-0.25, -0.2) is 0 Å². The van der Waals surface area contributed by atoms with E-state index in [0.29, 0.717) is 17.5 Å². The Morgan fingerprint density at radius 3 is 2.50 bits per heavy atom. The highest BCUT2D eigenvalue weighted by atomic mass is 16.2. The van der Waals surface area contributed by atoms with Crippen molar-refractivity contribution in [1.29, 1.82) is 0 Å². The molecule has 1 fully saturated rings. The van der Waals surface area contributed by atoms with Crippen LogP contribution in [0, 0.1) is 18.8 Å². The highest BCUT2D eigenvalue weighted by Gasteiger charge is 2.26. The third kappa shape index (κ3) is 2.50. The van der Waals surface area contributed by atoms with Gasteiger partial charge in [-0.1, -0.05) is 19.9 Å². The quantitative estimate of drug-likeness (QED) is 0.774. The van der Waals surface area contributed by atoms with E-state index in [1.54, 1.807) is 0 Å². The lowest BCUT2D eigenvalue weighted by Crippen LogP contribution is -2.42. The smallest absolute Gasteiger partial charge is 0.254 e. The van der Waals surface area contributed by atoms with Crippen LogP contribution < -0.4 is 5.73 Å². The summed E-state index contributed by atoms with van der Waals surface area (Å²) in [6, 6.07) is 5.57. The van der Waals surface area contributed by atoms with E-state index in [0.717, 1.165) is 24.2 Å². The molecule has 1 aromatic rings. The summed E-state index contributed by atoms with van der Waals surface area (Å²) in [4.78, 5) is 14.5. The van der Waals surface area contributed by atoms with Crippen LogP contribution in [0.25, 0.3) is 0 Å². The molecule has 1 aromatic carbocycles. The van der Waals surface area contributed by atoms with Crippen LogP contribution in [-0.4, -0.2) is 23.9 Å². The van der Waals surface area contributed by atoms with Gasteiger partial charge in [-0.05, 0) is 42.9 Å². The Kier molecular flexibility index (Phi) is 3.60. The van der Waals surface area contributed by atoms with Gasteiger partial charge in [0.1, 0.15) is 0 Å². The molecule has 2 atom stereocenters. The fourth-order valence-electron chi connectivity index (χ4n) is 2.88. The van der Waals surface area contributed by atoms with Crippen LogP contribution in [0.3, 0.4) is 0 Å². The van der Waals surface area contributed by atoms with E-state index in [1.165, 1.54) is 6.42 Å². The number of nitrogen functional groups attached to an aromatic ring is 1. The average Bonchev–Trinajstić information content (AvgIpc) is 2.30. The van der Waals surface area contributed by atoms with E-state index >= 15 is 0 Å². The first-order chi connectivity index (χ1) is 8.49. The van der Waals surface area contributed by atoms with Crippen molar-refractivity contribution in [2.45, 2.75) is 27.2 Å². The van der Waals surface area contributed by atoms with Gasteiger partial charge in [-0.2, -0.15) is 0 Å². The van der Waals surface area contributed by atoms with Crippen LogP contribution in [0.5, 0.6) is 0 Å². The summed E-state index contributed by atoms with van der Waals surface area (Å²) >= 11 is 0. The molecule has 2 N–H and O–H groups in total. The Bertz CT molecular complexity index is 446. The molecule has 3 heteroatoms. The summed E-state index contributed by atoms with van der Waals surface area (Å²) in [5.41, 5.74) is 8.21. The van der Waals surface area contributed by atoms with Crippen molar-refractivity contribution < 1.29 is 4.79 Å². The number of benzene rings is 1. The lowest BCUT2D eigenvalue weighted by atomic mass is 9.91. The third-order valence-electron chi connectivity index (χ3n) is 3.76. The lowest BCUT2D eigenvalue weighted by Gasteiger charge is -2.35. The predicted octanol–water partition coefficient (Wildman–Crippen LogP) is 2.70. The molecule has 3 nitrogen and oxygen atoms in total. The number of hydrogen-bond donors (Lipinski definition) is 1. The first-order valence-electron chi connectivity index (χ1n) is 6.63. The predicted molar refractivity (Wildman–Crippen MR) is 74.4 cm³/mol. The van der Waals surface area contributed by atoms with Gasteiger partial charge >= 0.3 is 0 Å². The van der Waals surface area contributed by atoms with Gasteiger partial charge in [0.25, 0.3) is 5.91 Å². The molecule has 0 bridgehead atoms. The van der Waals surface area contributed by atoms with Crippen LogP contribution >= 0.6 is 0 Å². The molecule has 1 heterocycles. The van der Waals surface area contributed by atoms with E-state index in [1.807, 2.05) is 30.0 Å². The molecule has 0 spiro atoms. The molecule has 1 aliphatic heterocycles. The van der Waals surface area contributed by atoms with Gasteiger partial charge in [-0.15, -0.1) is 0 Å². The summed E-state index contributed by atoms with van der Waals surface area (Å²) < 4.78 is 0. The maximum absolute atomic E-state index is 12.5. The van der Waals surface area contributed by atoms with Crippen molar-refractivity contribution in [3.05, 3.63) is 29.3 Å². The van der Waals surface area contributed by atoms with Crippen molar-refractivity contribution in [1.82, 2.24) is 4.90 Å². The maximum atomic E-state index is 12.5. The number of amides is 1. The molecule has 0 aliphatic carbocycles.